The number of rotatable bonds is 6. The first-order chi connectivity index (χ1) is 19.4. The van der Waals surface area contributed by atoms with Gasteiger partial charge in [-0.2, -0.15) is 23.4 Å². The second-order valence-corrected chi connectivity index (χ2v) is 11.1. The van der Waals surface area contributed by atoms with Crippen LogP contribution in [-0.2, 0) is 17.5 Å². The highest BCUT2D eigenvalue weighted by Crippen LogP contribution is 2.45. The Hall–Kier alpha value is -4.08. The van der Waals surface area contributed by atoms with E-state index in [0.717, 1.165) is 63.8 Å². The summed E-state index contributed by atoms with van der Waals surface area (Å²) in [5, 5.41) is 10.0. The third kappa shape index (κ3) is 5.87. The number of nitrogens with zero attached hydrogens (tertiary/aromatic N) is 6. The van der Waals surface area contributed by atoms with E-state index in [2.05, 4.69) is 35.4 Å². The van der Waals surface area contributed by atoms with Gasteiger partial charge in [0.2, 0.25) is 0 Å². The molecule has 0 bridgehead atoms. The van der Waals surface area contributed by atoms with E-state index >= 15 is 0 Å². The molecule has 2 heterocycles. The number of anilines is 2. The summed E-state index contributed by atoms with van der Waals surface area (Å²) in [6.07, 6.45) is 0.207. The summed E-state index contributed by atoms with van der Waals surface area (Å²) in [7, 11) is 7.93. The monoisotopic (exact) mass is 564 g/mol. The van der Waals surface area contributed by atoms with E-state index in [9.17, 15) is 18.0 Å². The Labute approximate surface area is 238 Å². The number of carbonyl (C=O) groups excluding carboxylic acids is 1. The second kappa shape index (κ2) is 11.1. The first-order valence-corrected chi connectivity index (χ1v) is 13.7. The molecule has 216 valence electrons. The van der Waals surface area contributed by atoms with E-state index in [4.69, 9.17) is 5.10 Å². The molecule has 10 heteroatoms. The zero-order chi connectivity index (χ0) is 29.5. The van der Waals surface area contributed by atoms with Gasteiger partial charge in [-0.15, -0.1) is 0 Å². The quantitative estimate of drug-likeness (QED) is 0.360. The Balaban J connectivity index is 1.51. The number of fused-ring (bicyclic) bond motifs is 1. The molecule has 1 saturated carbocycles. The summed E-state index contributed by atoms with van der Waals surface area (Å²) in [5.74, 6) is -0.419. The Bertz CT molecular complexity index is 1470. The minimum atomic E-state index is -4.58. The molecule has 0 saturated heterocycles. The summed E-state index contributed by atoms with van der Waals surface area (Å²) in [4.78, 5) is 17.8. The average molecular weight is 565 g/mol. The molecule has 2 aliphatic rings. The molecule has 2 aromatic carbocycles. The van der Waals surface area contributed by atoms with Crippen molar-refractivity contribution in [3.63, 3.8) is 0 Å². The lowest BCUT2D eigenvalue weighted by molar-refractivity contribution is -0.142. The van der Waals surface area contributed by atoms with Crippen LogP contribution in [0.2, 0.25) is 0 Å². The normalized spacial score (nSPS) is 19.8. The van der Waals surface area contributed by atoms with Crippen LogP contribution >= 0.6 is 0 Å². The lowest BCUT2D eigenvalue weighted by Crippen LogP contribution is -2.34. The Morgan fingerprint density at radius 2 is 1.61 bits per heavy atom. The standard InChI is InChI=1S/C31H35F3N6O/c1-20-17-27(31(32,33)34)35-39(20)19-28(41)40-30(22-11-15-25(16-12-22)38(4)5)26-8-6-7-23(29(26)36-40)18-21-9-13-24(14-10-21)37(2)3/h9-18,26,30H,6-8,19H2,1-5H3/b23-18-. The molecule has 0 spiro atoms. The van der Waals surface area contributed by atoms with Crippen LogP contribution in [0.4, 0.5) is 24.5 Å². The maximum atomic E-state index is 13.7. The van der Waals surface area contributed by atoms with Crippen molar-refractivity contribution in [3.8, 4) is 0 Å². The number of allylic oxidation sites excluding steroid dienone is 1. The summed E-state index contributed by atoms with van der Waals surface area (Å²) < 4.78 is 40.9. The average Bonchev–Trinajstić information content (AvgIpc) is 3.50. The molecular formula is C31H35F3N6O. The van der Waals surface area contributed by atoms with Gasteiger partial charge < -0.3 is 9.80 Å². The van der Waals surface area contributed by atoms with Crippen LogP contribution in [-0.4, -0.2) is 54.6 Å². The van der Waals surface area contributed by atoms with Crippen LogP contribution in [0.15, 0.2) is 65.3 Å². The van der Waals surface area contributed by atoms with Crippen molar-refractivity contribution in [2.75, 3.05) is 38.0 Å². The van der Waals surface area contributed by atoms with Crippen molar-refractivity contribution < 1.29 is 18.0 Å². The van der Waals surface area contributed by atoms with Crippen molar-refractivity contribution >= 4 is 29.1 Å². The van der Waals surface area contributed by atoms with Crippen LogP contribution in [0, 0.1) is 12.8 Å². The van der Waals surface area contributed by atoms with Gasteiger partial charge in [-0.25, -0.2) is 5.01 Å². The van der Waals surface area contributed by atoms with E-state index in [1.165, 1.54) is 11.9 Å². The zero-order valence-corrected chi connectivity index (χ0v) is 24.0. The van der Waals surface area contributed by atoms with Gasteiger partial charge >= 0.3 is 6.18 Å². The predicted octanol–water partition coefficient (Wildman–Crippen LogP) is 6.17. The molecule has 5 rings (SSSR count). The number of carbonyl (C=O) groups is 1. The number of alkyl halides is 3. The molecule has 1 aliphatic carbocycles. The molecule has 2 atom stereocenters. The zero-order valence-electron chi connectivity index (χ0n) is 24.0. The number of hydrogen-bond acceptors (Lipinski definition) is 5. The molecule has 2 unspecified atom stereocenters. The highest BCUT2D eigenvalue weighted by atomic mass is 19.4. The Morgan fingerprint density at radius 1 is 1.00 bits per heavy atom. The number of benzene rings is 2. The van der Waals surface area contributed by atoms with Gasteiger partial charge in [0.25, 0.3) is 5.91 Å². The molecule has 0 N–H and O–H groups in total. The number of hydrogen-bond donors (Lipinski definition) is 0. The molecule has 1 aliphatic heterocycles. The third-order valence-electron chi connectivity index (χ3n) is 7.82. The lowest BCUT2D eigenvalue weighted by atomic mass is 9.77. The lowest BCUT2D eigenvalue weighted by Gasteiger charge is -2.30. The van der Waals surface area contributed by atoms with E-state index in [0.29, 0.717) is 0 Å². The fourth-order valence-corrected chi connectivity index (χ4v) is 5.59. The number of hydrazone groups is 1. The molecule has 1 aromatic heterocycles. The minimum absolute atomic E-state index is 0.0188. The van der Waals surface area contributed by atoms with Gasteiger partial charge in [0.15, 0.2) is 5.69 Å². The van der Waals surface area contributed by atoms with Crippen LogP contribution in [0.25, 0.3) is 6.08 Å². The summed E-state index contributed by atoms with van der Waals surface area (Å²) in [6.45, 7) is 1.19. The number of aromatic nitrogens is 2. The molecule has 3 aromatic rings. The summed E-state index contributed by atoms with van der Waals surface area (Å²) >= 11 is 0. The van der Waals surface area contributed by atoms with Gasteiger partial charge in [0.05, 0.1) is 11.8 Å². The number of aryl methyl sites for hydroxylation is 1. The van der Waals surface area contributed by atoms with Crippen molar-refractivity contribution in [2.45, 2.75) is 44.9 Å². The van der Waals surface area contributed by atoms with E-state index < -0.39 is 17.8 Å². The van der Waals surface area contributed by atoms with Crippen molar-refractivity contribution in [1.82, 2.24) is 14.8 Å². The molecule has 41 heavy (non-hydrogen) atoms. The van der Waals surface area contributed by atoms with Gasteiger partial charge in [0, 0.05) is 51.2 Å². The van der Waals surface area contributed by atoms with Crippen molar-refractivity contribution in [1.29, 1.82) is 0 Å². The Kier molecular flexibility index (Phi) is 7.68. The number of halogens is 3. The number of amides is 1. The predicted molar refractivity (Wildman–Crippen MR) is 156 cm³/mol. The first-order valence-electron chi connectivity index (χ1n) is 13.7. The summed E-state index contributed by atoms with van der Waals surface area (Å²) in [5.41, 5.74) is 5.34. The van der Waals surface area contributed by atoms with Gasteiger partial charge in [0.1, 0.15) is 6.54 Å². The van der Waals surface area contributed by atoms with Crippen LogP contribution in [0.3, 0.4) is 0 Å². The SMILES string of the molecule is Cc1cc(C(F)(F)F)nn1CC(=O)N1N=C2/C(=C\c3ccc(N(C)C)cc3)CCCC2C1c1ccc(N(C)C)cc1. The Morgan fingerprint density at radius 3 is 2.17 bits per heavy atom. The highest BCUT2D eigenvalue weighted by Gasteiger charge is 2.44. The van der Waals surface area contributed by atoms with Crippen LogP contribution in [0.1, 0.15) is 47.8 Å². The smallest absolute Gasteiger partial charge is 0.378 e. The maximum absolute atomic E-state index is 13.7. The van der Waals surface area contributed by atoms with Crippen LogP contribution in [0.5, 0.6) is 0 Å². The molecule has 1 fully saturated rings. The fourth-order valence-electron chi connectivity index (χ4n) is 5.59. The first kappa shape index (κ1) is 28.4. The highest BCUT2D eigenvalue weighted by molar-refractivity contribution is 6.08. The minimum Gasteiger partial charge on any atom is -0.378 e. The molecule has 0 radical (unpaired) electrons. The van der Waals surface area contributed by atoms with E-state index in [1.807, 2.05) is 62.3 Å². The van der Waals surface area contributed by atoms with Crippen molar-refractivity contribution in [2.24, 2.45) is 11.0 Å². The van der Waals surface area contributed by atoms with Crippen LogP contribution < -0.4 is 9.80 Å². The van der Waals surface area contributed by atoms with Crippen molar-refractivity contribution in [3.05, 3.63) is 82.7 Å². The third-order valence-corrected chi connectivity index (χ3v) is 7.82. The molecule has 1 amide bonds. The van der Waals surface area contributed by atoms with Gasteiger partial charge in [-0.3, -0.25) is 9.48 Å². The second-order valence-electron chi connectivity index (χ2n) is 11.1. The van der Waals surface area contributed by atoms with E-state index in [1.54, 1.807) is 0 Å². The van der Waals surface area contributed by atoms with Gasteiger partial charge in [-0.1, -0.05) is 24.3 Å². The largest absolute Gasteiger partial charge is 0.435 e. The molecular weight excluding hydrogens is 529 g/mol. The maximum Gasteiger partial charge on any atom is 0.435 e. The topological polar surface area (TPSA) is 57.0 Å². The fraction of sp³-hybridized carbons (Fsp3) is 0.387. The van der Waals surface area contributed by atoms with E-state index in [-0.39, 0.29) is 24.2 Å². The molecule has 7 nitrogen and oxygen atoms in total. The van der Waals surface area contributed by atoms with Gasteiger partial charge in [-0.05, 0) is 79.3 Å². The summed E-state index contributed by atoms with van der Waals surface area (Å²) in [6, 6.07) is 16.9.